The van der Waals surface area contributed by atoms with Crippen LogP contribution in [-0.4, -0.2) is 26.3 Å². The van der Waals surface area contributed by atoms with Crippen molar-refractivity contribution in [3.05, 3.63) is 70.3 Å². The Bertz CT molecular complexity index is 1070. The normalized spacial score (nSPS) is 12.1. The predicted octanol–water partition coefficient (Wildman–Crippen LogP) is 6.48. The lowest BCUT2D eigenvalue weighted by Gasteiger charge is -2.09. The van der Waals surface area contributed by atoms with E-state index in [2.05, 4.69) is 73.3 Å². The summed E-state index contributed by atoms with van der Waals surface area (Å²) in [7, 11) is 2.77. The molecule has 2 N–H and O–H groups in total. The Morgan fingerprint density at radius 1 is 1.09 bits per heavy atom. The summed E-state index contributed by atoms with van der Waals surface area (Å²) in [6.07, 6.45) is 8.67. The van der Waals surface area contributed by atoms with Crippen molar-refractivity contribution in [1.82, 2.24) is 20.4 Å². The lowest BCUT2D eigenvalue weighted by molar-refractivity contribution is -0.115. The molecule has 1 amide bonds. The van der Waals surface area contributed by atoms with E-state index in [1.165, 1.54) is 5.31 Å². The smallest absolute Gasteiger partial charge is 0.229 e. The summed E-state index contributed by atoms with van der Waals surface area (Å²) < 4.78 is 0. The number of carbonyl (C=O) groups excluding carboxylic acids is 1. The standard InChI is InChI=1S/C26H37N6OPS/c1-7-18(4)16-24(33)28-23-13-12-21(29-30-23)10-8-9-11-25-31-32-26(35-25)27-20(6)14-19(5)15-22(34)17(2)3/h7,12-13,15,17H,5-6,8-11,14,16,34H2,1-4H3,(H,27,32)(H,28,30,33)/b18-7+,22-15+. The van der Waals surface area contributed by atoms with E-state index in [0.717, 1.165) is 58.4 Å². The summed E-state index contributed by atoms with van der Waals surface area (Å²) in [5.74, 6) is 0.867. The molecule has 0 aliphatic rings. The van der Waals surface area contributed by atoms with E-state index in [-0.39, 0.29) is 5.91 Å². The van der Waals surface area contributed by atoms with E-state index in [1.807, 2.05) is 26.0 Å². The minimum Gasteiger partial charge on any atom is -0.334 e. The van der Waals surface area contributed by atoms with Crippen LogP contribution in [0.25, 0.3) is 0 Å². The van der Waals surface area contributed by atoms with Gasteiger partial charge in [0.25, 0.3) is 0 Å². The third-order valence-electron chi connectivity index (χ3n) is 5.22. The number of nitrogens with zero attached hydrogens (tertiary/aromatic N) is 4. The van der Waals surface area contributed by atoms with Crippen molar-refractivity contribution < 1.29 is 4.79 Å². The van der Waals surface area contributed by atoms with Crippen LogP contribution in [0.1, 0.15) is 64.1 Å². The molecule has 0 bridgehead atoms. The average Bonchev–Trinajstić information content (AvgIpc) is 3.24. The number of anilines is 2. The molecule has 0 fully saturated rings. The fourth-order valence-electron chi connectivity index (χ4n) is 3.01. The van der Waals surface area contributed by atoms with Crippen LogP contribution in [0.5, 0.6) is 0 Å². The zero-order valence-electron chi connectivity index (χ0n) is 21.2. The van der Waals surface area contributed by atoms with Crippen molar-refractivity contribution in [2.75, 3.05) is 10.6 Å². The average molecular weight is 513 g/mol. The molecule has 1 atom stereocenters. The predicted molar refractivity (Wildman–Crippen MR) is 150 cm³/mol. The van der Waals surface area contributed by atoms with Gasteiger partial charge in [-0.25, -0.2) is 0 Å². The molecule has 35 heavy (non-hydrogen) atoms. The molecule has 0 saturated carbocycles. The quantitative estimate of drug-likeness (QED) is 0.130. The zero-order valence-corrected chi connectivity index (χ0v) is 23.2. The van der Waals surface area contributed by atoms with Gasteiger partial charge in [0.1, 0.15) is 5.01 Å². The summed E-state index contributed by atoms with van der Waals surface area (Å²) in [6, 6.07) is 3.71. The number of hydrogen-bond acceptors (Lipinski definition) is 7. The number of allylic oxidation sites excluding steroid dienone is 4. The van der Waals surface area contributed by atoms with Crippen molar-refractivity contribution in [2.24, 2.45) is 5.92 Å². The lowest BCUT2D eigenvalue weighted by Crippen LogP contribution is -2.13. The molecule has 2 aromatic rings. The van der Waals surface area contributed by atoms with Crippen molar-refractivity contribution in [3.8, 4) is 0 Å². The van der Waals surface area contributed by atoms with Crippen LogP contribution in [0.4, 0.5) is 10.9 Å². The Labute approximate surface area is 215 Å². The fourth-order valence-corrected chi connectivity index (χ4v) is 4.08. The molecule has 0 radical (unpaired) electrons. The molecule has 1 unspecified atom stereocenters. The Kier molecular flexibility index (Phi) is 11.9. The second-order valence-corrected chi connectivity index (χ2v) is 10.6. The first-order valence-corrected chi connectivity index (χ1v) is 13.2. The fraction of sp³-hybridized carbons (Fsp3) is 0.423. The summed E-state index contributed by atoms with van der Waals surface area (Å²) in [5.41, 5.74) is 3.79. The third kappa shape index (κ3) is 11.1. The van der Waals surface area contributed by atoms with Crippen LogP contribution in [0.15, 0.2) is 59.6 Å². The van der Waals surface area contributed by atoms with E-state index >= 15 is 0 Å². The van der Waals surface area contributed by atoms with Crippen molar-refractivity contribution >= 4 is 37.4 Å². The van der Waals surface area contributed by atoms with Gasteiger partial charge in [0.2, 0.25) is 11.0 Å². The van der Waals surface area contributed by atoms with Crippen LogP contribution >= 0.6 is 20.6 Å². The lowest BCUT2D eigenvalue weighted by atomic mass is 10.1. The minimum atomic E-state index is -0.0840. The van der Waals surface area contributed by atoms with Crippen LogP contribution in [0.2, 0.25) is 0 Å². The molecular formula is C26H37N6OPS. The highest BCUT2D eigenvalue weighted by atomic mass is 32.1. The van der Waals surface area contributed by atoms with Gasteiger partial charge in [0, 0.05) is 25.0 Å². The highest BCUT2D eigenvalue weighted by Crippen LogP contribution is 2.23. The number of amides is 1. The van der Waals surface area contributed by atoms with E-state index in [1.54, 1.807) is 17.4 Å². The van der Waals surface area contributed by atoms with Crippen molar-refractivity contribution in [3.63, 3.8) is 0 Å². The molecule has 7 nitrogen and oxygen atoms in total. The van der Waals surface area contributed by atoms with E-state index in [9.17, 15) is 4.79 Å². The Balaban J connectivity index is 1.71. The number of nitrogens with one attached hydrogen (secondary N) is 2. The third-order valence-corrected chi connectivity index (χ3v) is 6.95. The van der Waals surface area contributed by atoms with Crippen molar-refractivity contribution in [1.29, 1.82) is 0 Å². The summed E-state index contributed by atoms with van der Waals surface area (Å²) in [4.78, 5) is 11.9. The molecule has 0 saturated heterocycles. The minimum absolute atomic E-state index is 0.0840. The van der Waals surface area contributed by atoms with Gasteiger partial charge in [-0.15, -0.1) is 24.5 Å². The molecule has 2 rings (SSSR count). The first-order chi connectivity index (χ1) is 16.7. The summed E-state index contributed by atoms with van der Waals surface area (Å²) in [6.45, 7) is 16.4. The second-order valence-electron chi connectivity index (χ2n) is 8.84. The Morgan fingerprint density at radius 3 is 2.49 bits per heavy atom. The Morgan fingerprint density at radius 2 is 1.83 bits per heavy atom. The molecule has 0 aliphatic carbocycles. The highest BCUT2D eigenvalue weighted by molar-refractivity contribution is 7.22. The summed E-state index contributed by atoms with van der Waals surface area (Å²) >= 11 is 1.55. The van der Waals surface area contributed by atoms with Gasteiger partial charge in [0.15, 0.2) is 5.82 Å². The van der Waals surface area contributed by atoms with Gasteiger partial charge in [0.05, 0.1) is 5.69 Å². The van der Waals surface area contributed by atoms with Gasteiger partial charge in [-0.2, -0.15) is 5.10 Å². The van der Waals surface area contributed by atoms with Crippen molar-refractivity contribution in [2.45, 2.75) is 66.2 Å². The molecule has 0 aliphatic heterocycles. The molecular weight excluding hydrogens is 475 g/mol. The largest absolute Gasteiger partial charge is 0.334 e. The molecule has 2 heterocycles. The van der Waals surface area contributed by atoms with Gasteiger partial charge in [-0.05, 0) is 62.0 Å². The maximum absolute atomic E-state index is 11.9. The van der Waals surface area contributed by atoms with E-state index < -0.39 is 0 Å². The number of hydrogen-bond donors (Lipinski definition) is 2. The van der Waals surface area contributed by atoms with E-state index in [0.29, 0.717) is 24.6 Å². The highest BCUT2D eigenvalue weighted by Gasteiger charge is 2.08. The second kappa shape index (κ2) is 14.6. The Hall–Kier alpha value is -2.70. The van der Waals surface area contributed by atoms with Crippen LogP contribution in [0.3, 0.4) is 0 Å². The van der Waals surface area contributed by atoms with Crippen LogP contribution in [0, 0.1) is 5.92 Å². The molecule has 0 aromatic carbocycles. The first-order valence-electron chi connectivity index (χ1n) is 11.8. The first kappa shape index (κ1) is 28.5. The van der Waals surface area contributed by atoms with E-state index in [4.69, 9.17) is 0 Å². The zero-order chi connectivity index (χ0) is 25.8. The molecule has 2 aromatic heterocycles. The molecule has 188 valence electrons. The summed E-state index contributed by atoms with van der Waals surface area (Å²) in [5, 5.41) is 25.9. The maximum Gasteiger partial charge on any atom is 0.229 e. The number of aryl methyl sites for hydroxylation is 2. The van der Waals surface area contributed by atoms with Gasteiger partial charge < -0.3 is 10.6 Å². The number of unbranched alkanes of at least 4 members (excludes halogenated alkanes) is 1. The topological polar surface area (TPSA) is 92.7 Å². The number of carbonyl (C=O) groups is 1. The number of aromatic nitrogens is 4. The molecule has 9 heteroatoms. The van der Waals surface area contributed by atoms with Gasteiger partial charge >= 0.3 is 0 Å². The van der Waals surface area contributed by atoms with Gasteiger partial charge in [-0.3, -0.25) is 4.79 Å². The monoisotopic (exact) mass is 512 g/mol. The molecule has 0 spiro atoms. The maximum atomic E-state index is 11.9. The SMILES string of the molecule is C=C(/C=C(/P)C(C)C)CC(=C)Nc1nnc(CCCCc2ccc(NC(=O)C/C(C)=C/C)nn2)s1. The van der Waals surface area contributed by atoms with Crippen LogP contribution in [-0.2, 0) is 17.6 Å². The number of rotatable bonds is 14. The van der Waals surface area contributed by atoms with Crippen LogP contribution < -0.4 is 10.6 Å². The van der Waals surface area contributed by atoms with Gasteiger partial charge in [-0.1, -0.05) is 56.1 Å².